The van der Waals surface area contributed by atoms with E-state index >= 15 is 0 Å². The molecule has 0 aliphatic rings. The van der Waals surface area contributed by atoms with Gasteiger partial charge in [0.25, 0.3) is 0 Å². The van der Waals surface area contributed by atoms with Crippen LogP contribution in [0.4, 0.5) is 0 Å². The molecule has 0 saturated carbocycles. The van der Waals surface area contributed by atoms with Gasteiger partial charge in [-0.1, -0.05) is 51.4 Å². The molecular formula is C18H39NO5P2. The lowest BCUT2D eigenvalue weighted by molar-refractivity contribution is -0.532. The quantitative estimate of drug-likeness (QED) is 0.118. The molecule has 0 rings (SSSR count). The first-order valence-electron chi connectivity index (χ1n) is 10.0. The summed E-state index contributed by atoms with van der Waals surface area (Å²) in [6.07, 6.45) is 10.5. The first-order chi connectivity index (χ1) is 12.4. The van der Waals surface area contributed by atoms with Crippen LogP contribution in [0.1, 0.15) is 77.6 Å². The Hall–Kier alpha value is 0.140. The Morgan fingerprint density at radius 3 is 1.85 bits per heavy atom. The second kappa shape index (κ2) is 17.3. The van der Waals surface area contributed by atoms with E-state index in [2.05, 4.69) is 18.5 Å². The molecule has 6 unspecified atom stereocenters. The van der Waals surface area contributed by atoms with Gasteiger partial charge in [-0.15, -0.1) is 18.5 Å². The van der Waals surface area contributed by atoms with Gasteiger partial charge in [-0.3, -0.25) is 10.1 Å². The van der Waals surface area contributed by atoms with Crippen molar-refractivity contribution in [3.8, 4) is 0 Å². The molecule has 0 fully saturated rings. The van der Waals surface area contributed by atoms with Crippen LogP contribution in [-0.4, -0.2) is 52.0 Å². The molecule has 156 valence electrons. The Kier molecular flexibility index (Phi) is 17.3. The number of rotatable bonds is 18. The lowest BCUT2D eigenvalue weighted by atomic mass is 10.0. The van der Waals surface area contributed by atoms with E-state index in [-0.39, 0.29) is 10.6 Å². The molecule has 0 heterocycles. The normalized spacial score (nSPS) is 16.2. The molecule has 0 bridgehead atoms. The topological polar surface area (TPSA) is 92.8 Å². The maximum Gasteiger partial charge on any atom is 0.244 e. The Bertz CT molecular complexity index is 350. The molecule has 0 spiro atoms. The highest BCUT2D eigenvalue weighted by Crippen LogP contribution is 2.21. The van der Waals surface area contributed by atoms with E-state index < -0.39 is 18.4 Å². The molecule has 0 aromatic heterocycles. The van der Waals surface area contributed by atoms with Gasteiger partial charge >= 0.3 is 0 Å². The smallest absolute Gasteiger partial charge is 0.244 e. The number of unbranched alkanes of at least 4 members (excludes halogenated alkanes) is 8. The molecule has 0 radical (unpaired) electrons. The standard InChI is InChI=1S/C18H39NO5P2/c1-2-24-17(21)13-11-9-7-5-3-4-6-8-10-12-16(26)18(19(22)23)15(20)14-25/h15-18,20-21H,2-14,25-26H2,1H3. The largest absolute Gasteiger partial charge is 0.386 e. The third kappa shape index (κ3) is 13.3. The number of nitro groups is 1. The average Bonchev–Trinajstić information content (AvgIpc) is 2.59. The molecule has 26 heavy (non-hydrogen) atoms. The number of aliphatic hydroxyl groups is 2. The van der Waals surface area contributed by atoms with Crippen molar-refractivity contribution in [3.63, 3.8) is 0 Å². The van der Waals surface area contributed by atoms with Crippen molar-refractivity contribution in [3.05, 3.63) is 10.1 Å². The van der Waals surface area contributed by atoms with Crippen LogP contribution in [0.5, 0.6) is 0 Å². The predicted octanol–water partition coefficient (Wildman–Crippen LogP) is 3.76. The Morgan fingerprint density at radius 2 is 1.42 bits per heavy atom. The summed E-state index contributed by atoms with van der Waals surface area (Å²) in [5.74, 6) is 0. The number of aliphatic hydroxyl groups excluding tert-OH is 2. The zero-order valence-electron chi connectivity index (χ0n) is 16.2. The molecule has 0 saturated heterocycles. The van der Waals surface area contributed by atoms with Gasteiger partial charge in [-0.05, 0) is 32.3 Å². The minimum atomic E-state index is -0.896. The second-order valence-electron chi connectivity index (χ2n) is 6.91. The van der Waals surface area contributed by atoms with Crippen LogP contribution >= 0.6 is 18.5 Å². The van der Waals surface area contributed by atoms with Crippen molar-refractivity contribution in [2.45, 2.75) is 102 Å². The molecule has 0 aliphatic carbocycles. The zero-order valence-corrected chi connectivity index (χ0v) is 18.5. The first-order valence-corrected chi connectivity index (χ1v) is 11.5. The fourth-order valence-corrected chi connectivity index (χ4v) is 4.02. The molecule has 6 atom stereocenters. The summed E-state index contributed by atoms with van der Waals surface area (Å²) >= 11 is 0. The SMILES string of the molecule is CCOC(O)CCCCCCCCCCCC(P)C(C(O)CP)[N+](=O)[O-]. The Balaban J connectivity index is 3.54. The number of nitrogens with zero attached hydrogens (tertiary/aromatic N) is 1. The molecular weight excluding hydrogens is 372 g/mol. The third-order valence-electron chi connectivity index (χ3n) is 4.67. The monoisotopic (exact) mass is 411 g/mol. The molecule has 0 aromatic rings. The highest BCUT2D eigenvalue weighted by molar-refractivity contribution is 7.17. The van der Waals surface area contributed by atoms with Crippen LogP contribution in [0, 0.1) is 10.1 Å². The van der Waals surface area contributed by atoms with Gasteiger partial charge in [0.05, 0.1) is 0 Å². The van der Waals surface area contributed by atoms with Crippen LogP contribution in [0.25, 0.3) is 0 Å². The molecule has 0 aliphatic heterocycles. The average molecular weight is 411 g/mol. The van der Waals surface area contributed by atoms with E-state index in [1.165, 1.54) is 25.7 Å². The number of hydrogen-bond acceptors (Lipinski definition) is 5. The highest BCUT2D eigenvalue weighted by Gasteiger charge is 2.34. The summed E-state index contributed by atoms with van der Waals surface area (Å²) in [7, 11) is 4.92. The van der Waals surface area contributed by atoms with E-state index in [1.807, 2.05) is 6.92 Å². The molecule has 0 aromatic carbocycles. The zero-order chi connectivity index (χ0) is 19.8. The minimum absolute atomic E-state index is 0.174. The minimum Gasteiger partial charge on any atom is -0.386 e. The van der Waals surface area contributed by atoms with Crippen LogP contribution < -0.4 is 0 Å². The van der Waals surface area contributed by atoms with Gasteiger partial charge in [0.15, 0.2) is 6.29 Å². The van der Waals surface area contributed by atoms with E-state index in [0.717, 1.165) is 44.9 Å². The van der Waals surface area contributed by atoms with Gasteiger partial charge in [0.1, 0.15) is 6.10 Å². The second-order valence-corrected chi connectivity index (χ2v) is 8.24. The van der Waals surface area contributed by atoms with Gasteiger partial charge < -0.3 is 14.9 Å². The maximum absolute atomic E-state index is 11.1. The molecule has 0 amide bonds. The van der Waals surface area contributed by atoms with Crippen molar-refractivity contribution >= 4 is 18.5 Å². The van der Waals surface area contributed by atoms with Gasteiger partial charge in [0.2, 0.25) is 6.04 Å². The van der Waals surface area contributed by atoms with E-state index in [1.54, 1.807) is 0 Å². The van der Waals surface area contributed by atoms with Crippen LogP contribution in [0.15, 0.2) is 0 Å². The van der Waals surface area contributed by atoms with Crippen LogP contribution in [0.3, 0.4) is 0 Å². The van der Waals surface area contributed by atoms with Crippen molar-refractivity contribution < 1.29 is 19.9 Å². The molecule has 6 nitrogen and oxygen atoms in total. The summed E-state index contributed by atoms with van der Waals surface area (Å²) in [5, 5.41) is 30.3. The lowest BCUT2D eigenvalue weighted by Gasteiger charge is -2.20. The van der Waals surface area contributed by atoms with E-state index in [0.29, 0.717) is 12.8 Å². The third-order valence-corrected chi connectivity index (χ3v) is 5.88. The van der Waals surface area contributed by atoms with Gasteiger partial charge in [-0.2, -0.15) is 0 Å². The fraction of sp³-hybridized carbons (Fsp3) is 1.00. The predicted molar refractivity (Wildman–Crippen MR) is 113 cm³/mol. The van der Waals surface area contributed by atoms with Crippen molar-refractivity contribution in [1.29, 1.82) is 0 Å². The van der Waals surface area contributed by atoms with E-state index in [9.17, 15) is 20.3 Å². The molecule has 2 N–H and O–H groups in total. The summed E-state index contributed by atoms with van der Waals surface area (Å²) in [6.45, 7) is 2.45. The van der Waals surface area contributed by atoms with Crippen LogP contribution in [0.2, 0.25) is 0 Å². The summed E-state index contributed by atoms with van der Waals surface area (Å²) in [6, 6.07) is -0.890. The van der Waals surface area contributed by atoms with Gasteiger partial charge in [0, 0.05) is 17.2 Å². The van der Waals surface area contributed by atoms with Crippen molar-refractivity contribution in [2.75, 3.05) is 12.8 Å². The fourth-order valence-electron chi connectivity index (χ4n) is 3.10. The maximum atomic E-state index is 11.1. The first kappa shape index (κ1) is 26.1. The number of ether oxygens (including phenoxy) is 1. The van der Waals surface area contributed by atoms with Gasteiger partial charge in [-0.25, -0.2) is 0 Å². The van der Waals surface area contributed by atoms with Crippen molar-refractivity contribution in [2.24, 2.45) is 0 Å². The van der Waals surface area contributed by atoms with E-state index in [4.69, 9.17) is 4.74 Å². The number of hydrogen-bond donors (Lipinski definition) is 2. The summed E-state index contributed by atoms with van der Waals surface area (Å²) in [4.78, 5) is 10.7. The Morgan fingerprint density at radius 1 is 0.962 bits per heavy atom. The van der Waals surface area contributed by atoms with Crippen molar-refractivity contribution in [1.82, 2.24) is 0 Å². The lowest BCUT2D eigenvalue weighted by Crippen LogP contribution is -2.41. The summed E-state index contributed by atoms with van der Waals surface area (Å²) in [5.41, 5.74) is -0.174. The molecule has 8 heteroatoms. The summed E-state index contributed by atoms with van der Waals surface area (Å²) < 4.78 is 5.09. The highest BCUT2D eigenvalue weighted by atomic mass is 31.0. The Labute approximate surface area is 163 Å². The van der Waals surface area contributed by atoms with Crippen LogP contribution in [-0.2, 0) is 4.74 Å².